The molecule has 1 aliphatic heterocycles. The number of benzene rings is 2. The molecule has 2 aromatic carbocycles. The van der Waals surface area contributed by atoms with Gasteiger partial charge in [0.05, 0.1) is 18.9 Å². The monoisotopic (exact) mass is 425 g/mol. The zero-order valence-electron chi connectivity index (χ0n) is 18.1. The highest BCUT2D eigenvalue weighted by Crippen LogP contribution is 2.41. The molecule has 0 aromatic heterocycles. The van der Waals surface area contributed by atoms with Crippen molar-refractivity contribution in [1.82, 2.24) is 5.43 Å². The number of amides is 1. The number of rotatable bonds is 6. The number of hydrogen-bond donors (Lipinski definition) is 1. The number of ether oxygens (including phenoxy) is 1. The number of hydrazone groups is 1. The predicted octanol–water partition coefficient (Wildman–Crippen LogP) is 5.52. The van der Waals surface area contributed by atoms with Gasteiger partial charge in [-0.1, -0.05) is 24.6 Å². The maximum Gasteiger partial charge on any atom is 0.271 e. The van der Waals surface area contributed by atoms with Crippen LogP contribution in [0.5, 0.6) is 5.75 Å². The minimum Gasteiger partial charge on any atom is -0.496 e. The first-order chi connectivity index (χ1) is 14.3. The largest absolute Gasteiger partial charge is 0.496 e. The Morgan fingerprint density at radius 2 is 1.97 bits per heavy atom. The molecular formula is C24H28ClN3O2. The van der Waals surface area contributed by atoms with E-state index in [0.29, 0.717) is 16.3 Å². The summed E-state index contributed by atoms with van der Waals surface area (Å²) in [6.45, 7) is 9.71. The lowest BCUT2D eigenvalue weighted by molar-refractivity contribution is 0.0955. The van der Waals surface area contributed by atoms with Gasteiger partial charge in [0.15, 0.2) is 0 Å². The molecule has 0 unspecified atom stereocenters. The van der Waals surface area contributed by atoms with Crippen LogP contribution in [-0.2, 0) is 0 Å². The summed E-state index contributed by atoms with van der Waals surface area (Å²) in [6, 6.07) is 10.8. The number of methoxy groups -OCH3 is 1. The maximum absolute atomic E-state index is 12.3. The average molecular weight is 426 g/mol. The molecule has 3 rings (SSSR count). The van der Waals surface area contributed by atoms with Gasteiger partial charge in [-0.05, 0) is 63.1 Å². The molecule has 0 spiro atoms. The normalized spacial score (nSPS) is 15.0. The fourth-order valence-corrected chi connectivity index (χ4v) is 3.98. The van der Waals surface area contributed by atoms with Crippen molar-refractivity contribution < 1.29 is 9.53 Å². The zero-order valence-corrected chi connectivity index (χ0v) is 18.9. The highest BCUT2D eigenvalue weighted by molar-refractivity contribution is 6.30. The second kappa shape index (κ2) is 8.92. The molecule has 30 heavy (non-hydrogen) atoms. The molecule has 0 saturated carbocycles. The van der Waals surface area contributed by atoms with Gasteiger partial charge in [0.25, 0.3) is 5.91 Å². The molecule has 5 nitrogen and oxygen atoms in total. The number of hydrogen-bond acceptors (Lipinski definition) is 4. The van der Waals surface area contributed by atoms with E-state index in [4.69, 9.17) is 16.3 Å². The smallest absolute Gasteiger partial charge is 0.271 e. The number of fused-ring (bicyclic) bond motifs is 1. The van der Waals surface area contributed by atoms with E-state index < -0.39 is 0 Å². The molecule has 6 heteroatoms. The van der Waals surface area contributed by atoms with Gasteiger partial charge >= 0.3 is 0 Å². The minimum absolute atomic E-state index is 0.0692. The topological polar surface area (TPSA) is 53.9 Å². The molecular weight excluding hydrogens is 398 g/mol. The van der Waals surface area contributed by atoms with Gasteiger partial charge in [-0.15, -0.1) is 0 Å². The van der Waals surface area contributed by atoms with Crippen molar-refractivity contribution in [3.8, 4) is 5.75 Å². The van der Waals surface area contributed by atoms with Crippen molar-refractivity contribution >= 4 is 35.0 Å². The second-order valence-electron chi connectivity index (χ2n) is 7.95. The number of allylic oxidation sites excluding steroid dienone is 1. The lowest BCUT2D eigenvalue weighted by atomic mass is 9.87. The van der Waals surface area contributed by atoms with Crippen LogP contribution < -0.4 is 15.1 Å². The summed E-state index contributed by atoms with van der Waals surface area (Å²) in [5, 5.41) is 4.72. The number of halogens is 1. The number of nitrogens with one attached hydrogen (secondary N) is 1. The molecule has 0 radical (unpaired) electrons. The summed E-state index contributed by atoms with van der Waals surface area (Å²) in [5.74, 6) is 0.414. The molecule has 0 fully saturated rings. The van der Waals surface area contributed by atoms with E-state index in [1.807, 2.05) is 0 Å². The van der Waals surface area contributed by atoms with E-state index in [9.17, 15) is 4.79 Å². The average Bonchev–Trinajstić information content (AvgIpc) is 2.71. The fraction of sp³-hybridized carbons (Fsp3) is 0.333. The first-order valence-electron chi connectivity index (χ1n) is 10.0. The Balaban J connectivity index is 1.89. The number of nitrogens with zero attached hydrogens (tertiary/aromatic N) is 2. The van der Waals surface area contributed by atoms with Crippen LogP contribution in [0.2, 0.25) is 5.02 Å². The van der Waals surface area contributed by atoms with Gasteiger partial charge in [0.2, 0.25) is 0 Å². The summed E-state index contributed by atoms with van der Waals surface area (Å²) in [6.07, 6.45) is 4.96. The summed E-state index contributed by atoms with van der Waals surface area (Å²) < 4.78 is 5.63. The van der Waals surface area contributed by atoms with Crippen molar-refractivity contribution in [3.05, 3.63) is 64.2 Å². The van der Waals surface area contributed by atoms with Gasteiger partial charge in [-0.2, -0.15) is 5.10 Å². The maximum atomic E-state index is 12.3. The first-order valence-corrected chi connectivity index (χ1v) is 10.4. The van der Waals surface area contributed by atoms with Gasteiger partial charge in [-0.25, -0.2) is 5.43 Å². The van der Waals surface area contributed by atoms with E-state index in [2.05, 4.69) is 61.3 Å². The van der Waals surface area contributed by atoms with Crippen molar-refractivity contribution in [2.75, 3.05) is 18.6 Å². The van der Waals surface area contributed by atoms with Crippen molar-refractivity contribution in [3.63, 3.8) is 0 Å². The molecule has 0 saturated heterocycles. The van der Waals surface area contributed by atoms with Crippen LogP contribution >= 0.6 is 11.6 Å². The molecule has 2 aromatic rings. The standard InChI is InChI=1S/C24H28ClN3O2/c1-6-11-28-21-13-22(30-5)18(12-20(21)16(2)14-24(28,3)4)15-26-27-23(29)17-7-9-19(25)10-8-17/h7-10,12-15H,6,11H2,1-5H3,(H,27,29)/b26-15-. The highest BCUT2D eigenvalue weighted by Gasteiger charge is 2.31. The molecule has 1 heterocycles. The molecule has 1 N–H and O–H groups in total. The van der Waals surface area contributed by atoms with Crippen LogP contribution in [0.25, 0.3) is 5.57 Å². The zero-order chi connectivity index (χ0) is 21.9. The Hall–Kier alpha value is -2.79. The van der Waals surface area contributed by atoms with Crippen LogP contribution in [0, 0.1) is 0 Å². The molecule has 0 atom stereocenters. The third-order valence-corrected chi connectivity index (χ3v) is 5.50. The van der Waals surface area contributed by atoms with Crippen molar-refractivity contribution in [2.24, 2.45) is 5.10 Å². The van der Waals surface area contributed by atoms with Crippen molar-refractivity contribution in [1.29, 1.82) is 0 Å². The predicted molar refractivity (Wildman–Crippen MR) is 125 cm³/mol. The Morgan fingerprint density at radius 1 is 1.27 bits per heavy atom. The molecule has 1 amide bonds. The molecule has 0 aliphatic carbocycles. The van der Waals surface area contributed by atoms with Gasteiger partial charge in [0.1, 0.15) is 5.75 Å². The first kappa shape index (κ1) is 21.9. The van der Waals surface area contributed by atoms with Crippen molar-refractivity contribution in [2.45, 2.75) is 39.7 Å². The lowest BCUT2D eigenvalue weighted by Crippen LogP contribution is -2.45. The number of carbonyl (C=O) groups excluding carboxylic acids is 1. The van der Waals surface area contributed by atoms with Crippen LogP contribution in [0.3, 0.4) is 0 Å². The van der Waals surface area contributed by atoms with E-state index in [0.717, 1.165) is 29.8 Å². The van der Waals surface area contributed by atoms with Crippen LogP contribution in [0.4, 0.5) is 5.69 Å². The summed E-state index contributed by atoms with van der Waals surface area (Å²) in [4.78, 5) is 14.7. The third-order valence-electron chi connectivity index (χ3n) is 5.25. The fourth-order valence-electron chi connectivity index (χ4n) is 3.86. The quantitative estimate of drug-likeness (QED) is 0.489. The summed E-state index contributed by atoms with van der Waals surface area (Å²) in [5.41, 5.74) is 7.30. The SMILES string of the molecule is CCCN1c2cc(OC)c(/C=N\NC(=O)c3ccc(Cl)cc3)cc2C(C)=CC1(C)C. The Bertz CT molecular complexity index is 994. The van der Waals surface area contributed by atoms with E-state index in [1.54, 1.807) is 37.6 Å². The summed E-state index contributed by atoms with van der Waals surface area (Å²) >= 11 is 5.87. The molecule has 158 valence electrons. The lowest BCUT2D eigenvalue weighted by Gasteiger charge is -2.43. The summed E-state index contributed by atoms with van der Waals surface area (Å²) in [7, 11) is 1.65. The van der Waals surface area contributed by atoms with Crippen LogP contribution in [0.15, 0.2) is 47.6 Å². The minimum atomic E-state index is -0.299. The van der Waals surface area contributed by atoms with Gasteiger partial charge < -0.3 is 9.64 Å². The Kier molecular flexibility index (Phi) is 6.52. The molecule has 1 aliphatic rings. The van der Waals surface area contributed by atoms with Crippen LogP contribution in [0.1, 0.15) is 55.6 Å². The van der Waals surface area contributed by atoms with Gasteiger partial charge in [-0.3, -0.25) is 4.79 Å². The number of carbonyl (C=O) groups is 1. The highest BCUT2D eigenvalue weighted by atomic mass is 35.5. The molecule has 0 bridgehead atoms. The Morgan fingerprint density at radius 3 is 2.60 bits per heavy atom. The van der Waals surface area contributed by atoms with Crippen LogP contribution in [-0.4, -0.2) is 31.3 Å². The Labute approximate surface area is 183 Å². The van der Waals surface area contributed by atoms with E-state index >= 15 is 0 Å². The second-order valence-corrected chi connectivity index (χ2v) is 8.39. The third kappa shape index (κ3) is 4.51. The number of anilines is 1. The van der Waals surface area contributed by atoms with Gasteiger partial charge in [0, 0.05) is 40.0 Å². The van der Waals surface area contributed by atoms with E-state index in [1.165, 1.54) is 5.57 Å². The van der Waals surface area contributed by atoms with E-state index in [-0.39, 0.29) is 11.4 Å².